The third-order valence-corrected chi connectivity index (χ3v) is 5.44. The summed E-state index contributed by atoms with van der Waals surface area (Å²) in [7, 11) is 0. The third-order valence-electron chi connectivity index (χ3n) is 5.44. The second kappa shape index (κ2) is 8.29. The number of amides is 1. The number of allylic oxidation sites excluding steroid dienone is 2. The maximum atomic E-state index is 12.5. The van der Waals surface area contributed by atoms with Crippen molar-refractivity contribution in [2.75, 3.05) is 18.4 Å². The molecule has 2 aromatic heterocycles. The molecule has 0 radical (unpaired) electrons. The Morgan fingerprint density at radius 3 is 2.67 bits per heavy atom. The first-order valence-electron chi connectivity index (χ1n) is 9.71. The van der Waals surface area contributed by atoms with Crippen LogP contribution in [0.1, 0.15) is 43.7 Å². The Bertz CT molecular complexity index is 782. The van der Waals surface area contributed by atoms with Gasteiger partial charge in [0, 0.05) is 43.5 Å². The molecule has 0 unspecified atom stereocenters. The summed E-state index contributed by atoms with van der Waals surface area (Å²) >= 11 is 0. The molecule has 0 bridgehead atoms. The maximum absolute atomic E-state index is 12.5. The fourth-order valence-electron chi connectivity index (χ4n) is 3.88. The SMILES string of the molecule is O=C(C[C@@H]1C=CCC1)N1CCC(c2ccc(Nc3cnccn3)cn2)CC1. The molecular formula is C21H25N5O. The van der Waals surface area contributed by atoms with Crippen molar-refractivity contribution in [3.05, 3.63) is 54.8 Å². The van der Waals surface area contributed by atoms with E-state index in [1.807, 2.05) is 17.2 Å². The van der Waals surface area contributed by atoms with E-state index in [0.29, 0.717) is 30.0 Å². The molecule has 6 nitrogen and oxygen atoms in total. The van der Waals surface area contributed by atoms with Gasteiger partial charge in [0.25, 0.3) is 0 Å². The van der Waals surface area contributed by atoms with Gasteiger partial charge in [-0.1, -0.05) is 12.2 Å². The van der Waals surface area contributed by atoms with E-state index in [0.717, 1.165) is 50.2 Å². The lowest BCUT2D eigenvalue weighted by atomic mass is 9.92. The summed E-state index contributed by atoms with van der Waals surface area (Å²) in [5, 5.41) is 3.20. The van der Waals surface area contributed by atoms with Crippen LogP contribution in [0.5, 0.6) is 0 Å². The topological polar surface area (TPSA) is 71.0 Å². The Kier molecular flexibility index (Phi) is 5.42. The van der Waals surface area contributed by atoms with Crippen LogP contribution in [0.2, 0.25) is 0 Å². The lowest BCUT2D eigenvalue weighted by molar-refractivity contribution is -0.132. The number of carbonyl (C=O) groups is 1. The minimum atomic E-state index is 0.307. The normalized spacial score (nSPS) is 20.0. The highest BCUT2D eigenvalue weighted by Gasteiger charge is 2.26. The van der Waals surface area contributed by atoms with E-state index in [9.17, 15) is 4.79 Å². The second-order valence-electron chi connectivity index (χ2n) is 7.31. The minimum absolute atomic E-state index is 0.307. The van der Waals surface area contributed by atoms with Gasteiger partial charge in [-0.2, -0.15) is 0 Å². The lowest BCUT2D eigenvalue weighted by Crippen LogP contribution is -2.38. The van der Waals surface area contributed by atoms with E-state index in [4.69, 9.17) is 0 Å². The predicted molar refractivity (Wildman–Crippen MR) is 105 cm³/mol. The summed E-state index contributed by atoms with van der Waals surface area (Å²) in [6.45, 7) is 1.67. The maximum Gasteiger partial charge on any atom is 0.223 e. The zero-order valence-electron chi connectivity index (χ0n) is 15.4. The molecule has 0 spiro atoms. The van der Waals surface area contributed by atoms with Crippen LogP contribution < -0.4 is 5.32 Å². The van der Waals surface area contributed by atoms with Crippen molar-refractivity contribution < 1.29 is 4.79 Å². The highest BCUT2D eigenvalue weighted by atomic mass is 16.2. The Hall–Kier alpha value is -2.76. The van der Waals surface area contributed by atoms with E-state index in [-0.39, 0.29) is 0 Å². The van der Waals surface area contributed by atoms with Crippen molar-refractivity contribution in [3.8, 4) is 0 Å². The number of pyridine rings is 1. The van der Waals surface area contributed by atoms with Gasteiger partial charge >= 0.3 is 0 Å². The summed E-state index contributed by atoms with van der Waals surface area (Å²) in [5.41, 5.74) is 2.00. The van der Waals surface area contributed by atoms with Gasteiger partial charge < -0.3 is 10.2 Å². The van der Waals surface area contributed by atoms with Crippen LogP contribution in [0.4, 0.5) is 11.5 Å². The Morgan fingerprint density at radius 2 is 2.00 bits per heavy atom. The van der Waals surface area contributed by atoms with Crippen LogP contribution >= 0.6 is 0 Å². The molecule has 0 saturated carbocycles. The number of likely N-dealkylation sites (tertiary alicyclic amines) is 1. The van der Waals surface area contributed by atoms with Crippen LogP contribution in [0.25, 0.3) is 0 Å². The van der Waals surface area contributed by atoms with E-state index in [2.05, 4.69) is 38.5 Å². The standard InChI is InChI=1S/C21H25N5O/c27-21(13-16-3-1-2-4-16)26-11-7-17(8-12-26)19-6-5-18(14-24-19)25-20-15-22-9-10-23-20/h1,3,5-6,9-10,14-17H,2,4,7-8,11-13H2,(H,23,25)/t16-/m1/s1. The van der Waals surface area contributed by atoms with Gasteiger partial charge in [-0.25, -0.2) is 4.98 Å². The van der Waals surface area contributed by atoms with E-state index < -0.39 is 0 Å². The van der Waals surface area contributed by atoms with Crippen LogP contribution in [-0.2, 0) is 4.79 Å². The second-order valence-corrected chi connectivity index (χ2v) is 7.31. The fraction of sp³-hybridized carbons (Fsp3) is 0.429. The van der Waals surface area contributed by atoms with Gasteiger partial charge in [0.2, 0.25) is 5.91 Å². The highest BCUT2D eigenvalue weighted by molar-refractivity contribution is 5.76. The molecule has 140 valence electrons. The molecule has 3 heterocycles. The number of piperidine rings is 1. The molecule has 1 atom stereocenters. The third kappa shape index (κ3) is 4.51. The Balaban J connectivity index is 1.29. The molecule has 1 amide bonds. The molecule has 1 aliphatic heterocycles. The van der Waals surface area contributed by atoms with Crippen molar-refractivity contribution >= 4 is 17.4 Å². The molecule has 0 aromatic carbocycles. The molecule has 1 saturated heterocycles. The van der Waals surface area contributed by atoms with Gasteiger partial charge in [0.15, 0.2) is 0 Å². The van der Waals surface area contributed by atoms with Crippen molar-refractivity contribution in [1.82, 2.24) is 19.9 Å². The van der Waals surface area contributed by atoms with Crippen molar-refractivity contribution in [3.63, 3.8) is 0 Å². The predicted octanol–water partition coefficient (Wildman–Crippen LogP) is 3.68. The average Bonchev–Trinajstić information content (AvgIpc) is 3.22. The molecule has 4 rings (SSSR count). The summed E-state index contributed by atoms with van der Waals surface area (Å²) in [4.78, 5) is 27.4. The lowest BCUT2D eigenvalue weighted by Gasteiger charge is -2.32. The first-order chi connectivity index (χ1) is 13.3. The van der Waals surface area contributed by atoms with Crippen molar-refractivity contribution in [1.29, 1.82) is 0 Å². The Morgan fingerprint density at radius 1 is 1.11 bits per heavy atom. The van der Waals surface area contributed by atoms with Gasteiger partial charge in [-0.15, -0.1) is 0 Å². The molecular weight excluding hydrogens is 338 g/mol. The molecule has 6 heteroatoms. The molecule has 1 aliphatic carbocycles. The quantitative estimate of drug-likeness (QED) is 0.821. The number of carbonyl (C=O) groups excluding carboxylic acids is 1. The summed E-state index contributed by atoms with van der Waals surface area (Å²) in [5.74, 6) is 1.88. The van der Waals surface area contributed by atoms with Crippen LogP contribution in [-0.4, -0.2) is 38.8 Å². The average molecular weight is 363 g/mol. The molecule has 1 fully saturated rings. The fourth-order valence-corrected chi connectivity index (χ4v) is 3.88. The number of anilines is 2. The van der Waals surface area contributed by atoms with Crippen LogP contribution in [0, 0.1) is 5.92 Å². The van der Waals surface area contributed by atoms with Crippen molar-refractivity contribution in [2.24, 2.45) is 5.92 Å². The van der Waals surface area contributed by atoms with E-state index in [1.165, 1.54) is 0 Å². The number of rotatable bonds is 5. The smallest absolute Gasteiger partial charge is 0.223 e. The van der Waals surface area contributed by atoms with Gasteiger partial charge in [-0.05, 0) is 43.7 Å². The van der Waals surface area contributed by atoms with Gasteiger partial charge in [0.1, 0.15) is 5.82 Å². The largest absolute Gasteiger partial charge is 0.343 e. The molecule has 1 N–H and O–H groups in total. The van der Waals surface area contributed by atoms with Gasteiger partial charge in [0.05, 0.1) is 18.1 Å². The number of hydrogen-bond acceptors (Lipinski definition) is 5. The van der Waals surface area contributed by atoms with Crippen LogP contribution in [0.3, 0.4) is 0 Å². The summed E-state index contributed by atoms with van der Waals surface area (Å²) in [6, 6.07) is 4.10. The zero-order valence-corrected chi connectivity index (χ0v) is 15.4. The Labute approximate surface area is 159 Å². The number of hydrogen-bond donors (Lipinski definition) is 1. The first kappa shape index (κ1) is 17.6. The number of aromatic nitrogens is 3. The van der Waals surface area contributed by atoms with E-state index in [1.54, 1.807) is 18.6 Å². The number of nitrogens with one attached hydrogen (secondary N) is 1. The summed E-state index contributed by atoms with van der Waals surface area (Å²) < 4.78 is 0. The minimum Gasteiger partial charge on any atom is -0.343 e. The van der Waals surface area contributed by atoms with E-state index >= 15 is 0 Å². The van der Waals surface area contributed by atoms with Crippen molar-refractivity contribution in [2.45, 2.75) is 38.0 Å². The van der Waals surface area contributed by atoms with Crippen LogP contribution in [0.15, 0.2) is 49.1 Å². The number of nitrogens with zero attached hydrogens (tertiary/aromatic N) is 4. The molecule has 2 aliphatic rings. The zero-order chi connectivity index (χ0) is 18.5. The summed E-state index contributed by atoms with van der Waals surface area (Å²) in [6.07, 6.45) is 16.1. The monoisotopic (exact) mass is 363 g/mol. The molecule has 2 aromatic rings. The van der Waals surface area contributed by atoms with Gasteiger partial charge in [-0.3, -0.25) is 14.8 Å². The first-order valence-corrected chi connectivity index (χ1v) is 9.71. The molecule has 27 heavy (non-hydrogen) atoms. The highest BCUT2D eigenvalue weighted by Crippen LogP contribution is 2.29.